The summed E-state index contributed by atoms with van der Waals surface area (Å²) in [5.74, 6) is -0.196. The van der Waals surface area contributed by atoms with Gasteiger partial charge in [0.1, 0.15) is 11.6 Å². The first-order valence-electron chi connectivity index (χ1n) is 8.12. The first-order chi connectivity index (χ1) is 10.8. The maximum absolute atomic E-state index is 12.3. The Hall–Kier alpha value is -1.34. The summed E-state index contributed by atoms with van der Waals surface area (Å²) in [5, 5.41) is 2.79. The third-order valence-corrected chi connectivity index (χ3v) is 3.32. The van der Waals surface area contributed by atoms with E-state index < -0.39 is 17.7 Å². The van der Waals surface area contributed by atoms with E-state index in [4.69, 9.17) is 14.2 Å². The van der Waals surface area contributed by atoms with Gasteiger partial charge in [0, 0.05) is 19.7 Å². The Labute approximate surface area is 138 Å². The quantitative estimate of drug-likeness (QED) is 0.649. The topological polar surface area (TPSA) is 77.1 Å². The van der Waals surface area contributed by atoms with Crippen molar-refractivity contribution in [1.29, 1.82) is 0 Å². The van der Waals surface area contributed by atoms with Gasteiger partial charge in [-0.3, -0.25) is 9.69 Å². The molecule has 1 aliphatic carbocycles. The fourth-order valence-corrected chi connectivity index (χ4v) is 2.06. The van der Waals surface area contributed by atoms with E-state index in [-0.39, 0.29) is 11.9 Å². The number of nitrogens with one attached hydrogen (secondary N) is 1. The Morgan fingerprint density at radius 1 is 1.22 bits per heavy atom. The van der Waals surface area contributed by atoms with Crippen molar-refractivity contribution in [2.24, 2.45) is 0 Å². The first kappa shape index (κ1) is 19.7. The highest BCUT2D eigenvalue weighted by molar-refractivity contribution is 5.85. The zero-order valence-corrected chi connectivity index (χ0v) is 14.9. The van der Waals surface area contributed by atoms with Crippen LogP contribution in [0, 0.1) is 0 Å². The Morgan fingerprint density at radius 3 is 2.39 bits per heavy atom. The summed E-state index contributed by atoms with van der Waals surface area (Å²) in [4.78, 5) is 26.1. The van der Waals surface area contributed by atoms with E-state index in [1.54, 1.807) is 18.9 Å². The lowest BCUT2D eigenvalue weighted by atomic mass is 10.2. The van der Waals surface area contributed by atoms with Crippen LogP contribution in [0.15, 0.2) is 0 Å². The molecule has 1 rings (SSSR count). The first-order valence-corrected chi connectivity index (χ1v) is 8.12. The Balaban J connectivity index is 2.42. The number of methoxy groups -OCH3 is 1. The molecule has 1 aliphatic rings. The number of ether oxygens (including phenoxy) is 3. The molecule has 1 fully saturated rings. The van der Waals surface area contributed by atoms with E-state index in [1.807, 2.05) is 20.8 Å². The predicted molar refractivity (Wildman–Crippen MR) is 86.3 cm³/mol. The summed E-state index contributed by atoms with van der Waals surface area (Å²) in [6.45, 7) is 9.02. The van der Waals surface area contributed by atoms with E-state index in [1.165, 1.54) is 0 Å². The molecule has 0 spiro atoms. The summed E-state index contributed by atoms with van der Waals surface area (Å²) in [5.41, 5.74) is -0.574. The normalized spacial score (nSPS) is 15.9. The SMILES string of the molecule is COCCOCCNC(=O)[C@H](C)N(C(=O)OC(C)(C)C)C1CC1. The van der Waals surface area contributed by atoms with E-state index >= 15 is 0 Å². The molecule has 0 aliphatic heterocycles. The maximum Gasteiger partial charge on any atom is 0.411 e. The molecule has 7 heteroatoms. The Kier molecular flexibility index (Phi) is 7.78. The molecule has 1 atom stereocenters. The molecule has 1 N–H and O–H groups in total. The Morgan fingerprint density at radius 2 is 1.87 bits per heavy atom. The van der Waals surface area contributed by atoms with Crippen molar-refractivity contribution in [3.05, 3.63) is 0 Å². The molecule has 0 bridgehead atoms. The number of amides is 2. The number of hydrogen-bond donors (Lipinski definition) is 1. The fourth-order valence-electron chi connectivity index (χ4n) is 2.06. The molecule has 1 saturated carbocycles. The highest BCUT2D eigenvalue weighted by Gasteiger charge is 2.40. The van der Waals surface area contributed by atoms with Crippen molar-refractivity contribution in [3.8, 4) is 0 Å². The number of carbonyl (C=O) groups is 2. The number of hydrogen-bond acceptors (Lipinski definition) is 5. The molecule has 134 valence electrons. The molecule has 23 heavy (non-hydrogen) atoms. The van der Waals surface area contributed by atoms with Crippen LogP contribution in [0.25, 0.3) is 0 Å². The van der Waals surface area contributed by atoms with Crippen molar-refractivity contribution < 1.29 is 23.8 Å². The standard InChI is InChI=1S/C16H30N2O5/c1-12(14(19)17-8-9-22-11-10-21-5)18(13-6-7-13)15(20)23-16(2,3)4/h12-13H,6-11H2,1-5H3,(H,17,19)/t12-/m0/s1. The van der Waals surface area contributed by atoms with E-state index in [0.717, 1.165) is 12.8 Å². The minimum absolute atomic E-state index is 0.101. The van der Waals surface area contributed by atoms with Crippen LogP contribution in [0.4, 0.5) is 4.79 Å². The van der Waals surface area contributed by atoms with Crippen molar-refractivity contribution in [2.45, 2.75) is 58.2 Å². The number of rotatable bonds is 9. The van der Waals surface area contributed by atoms with Crippen LogP contribution < -0.4 is 5.32 Å². The van der Waals surface area contributed by atoms with Crippen molar-refractivity contribution in [1.82, 2.24) is 10.2 Å². The minimum atomic E-state index is -0.574. The third-order valence-electron chi connectivity index (χ3n) is 3.32. The molecular formula is C16H30N2O5. The smallest absolute Gasteiger partial charge is 0.411 e. The third kappa shape index (κ3) is 7.65. The fraction of sp³-hybridized carbons (Fsp3) is 0.875. The van der Waals surface area contributed by atoms with Gasteiger partial charge in [-0.1, -0.05) is 0 Å². The molecule has 0 heterocycles. The summed E-state index contributed by atoms with van der Waals surface area (Å²) in [6, 6.07) is -0.458. The predicted octanol–water partition coefficient (Wildman–Crippen LogP) is 1.55. The van der Waals surface area contributed by atoms with Crippen LogP contribution in [0.5, 0.6) is 0 Å². The van der Waals surface area contributed by atoms with Crippen LogP contribution in [-0.2, 0) is 19.0 Å². The zero-order chi connectivity index (χ0) is 17.5. The summed E-state index contributed by atoms with van der Waals surface area (Å²) < 4.78 is 15.6. The lowest BCUT2D eigenvalue weighted by Gasteiger charge is -2.31. The highest BCUT2D eigenvalue weighted by atomic mass is 16.6. The van der Waals surface area contributed by atoms with Gasteiger partial charge >= 0.3 is 6.09 Å². The van der Waals surface area contributed by atoms with Crippen molar-refractivity contribution >= 4 is 12.0 Å². The van der Waals surface area contributed by atoms with Gasteiger partial charge in [0.2, 0.25) is 5.91 Å². The zero-order valence-electron chi connectivity index (χ0n) is 14.9. The average molecular weight is 330 g/mol. The van der Waals surface area contributed by atoms with Gasteiger partial charge in [-0.25, -0.2) is 4.79 Å². The molecule has 7 nitrogen and oxygen atoms in total. The Bertz CT molecular complexity index is 390. The van der Waals surface area contributed by atoms with Gasteiger partial charge in [0.05, 0.1) is 19.8 Å². The molecule has 0 aromatic rings. The summed E-state index contributed by atoms with van der Waals surface area (Å²) in [7, 11) is 1.61. The van der Waals surface area contributed by atoms with Crippen LogP contribution in [-0.4, -0.2) is 68.1 Å². The average Bonchev–Trinajstić information content (AvgIpc) is 3.25. The molecule has 0 aromatic carbocycles. The van der Waals surface area contributed by atoms with E-state index in [9.17, 15) is 9.59 Å². The van der Waals surface area contributed by atoms with Gasteiger partial charge in [-0.05, 0) is 40.5 Å². The number of nitrogens with zero attached hydrogens (tertiary/aromatic N) is 1. The van der Waals surface area contributed by atoms with Gasteiger partial charge in [0.25, 0.3) is 0 Å². The second kappa shape index (κ2) is 9.08. The van der Waals surface area contributed by atoms with E-state index in [0.29, 0.717) is 26.4 Å². The van der Waals surface area contributed by atoms with Gasteiger partial charge in [-0.2, -0.15) is 0 Å². The lowest BCUT2D eigenvalue weighted by Crippen LogP contribution is -2.51. The number of carbonyl (C=O) groups excluding carboxylic acids is 2. The van der Waals surface area contributed by atoms with Crippen LogP contribution in [0.2, 0.25) is 0 Å². The van der Waals surface area contributed by atoms with Crippen molar-refractivity contribution in [2.75, 3.05) is 33.5 Å². The second-order valence-electron chi connectivity index (χ2n) is 6.69. The minimum Gasteiger partial charge on any atom is -0.444 e. The summed E-state index contributed by atoms with van der Waals surface area (Å²) >= 11 is 0. The highest BCUT2D eigenvalue weighted by Crippen LogP contribution is 2.30. The van der Waals surface area contributed by atoms with Crippen LogP contribution in [0.3, 0.4) is 0 Å². The van der Waals surface area contributed by atoms with Gasteiger partial charge in [0.15, 0.2) is 0 Å². The lowest BCUT2D eigenvalue weighted by molar-refractivity contribution is -0.126. The van der Waals surface area contributed by atoms with E-state index in [2.05, 4.69) is 5.32 Å². The molecule has 0 unspecified atom stereocenters. The second-order valence-corrected chi connectivity index (χ2v) is 6.69. The van der Waals surface area contributed by atoms with Gasteiger partial charge in [-0.15, -0.1) is 0 Å². The molecule has 0 saturated heterocycles. The molecule has 0 aromatic heterocycles. The maximum atomic E-state index is 12.3. The molecular weight excluding hydrogens is 300 g/mol. The van der Waals surface area contributed by atoms with Crippen molar-refractivity contribution in [3.63, 3.8) is 0 Å². The van der Waals surface area contributed by atoms with Crippen LogP contribution in [0.1, 0.15) is 40.5 Å². The molecule has 2 amide bonds. The summed E-state index contributed by atoms with van der Waals surface area (Å²) in [6.07, 6.45) is 1.40. The molecule has 0 radical (unpaired) electrons. The van der Waals surface area contributed by atoms with Gasteiger partial charge < -0.3 is 19.5 Å². The monoisotopic (exact) mass is 330 g/mol. The van der Waals surface area contributed by atoms with Crippen LogP contribution >= 0.6 is 0 Å². The largest absolute Gasteiger partial charge is 0.444 e.